The lowest BCUT2D eigenvalue weighted by molar-refractivity contribution is 0.186. The number of benzene rings is 2. The van der Waals surface area contributed by atoms with Gasteiger partial charge in [0.1, 0.15) is 10.7 Å². The molecule has 172 valence electrons. The van der Waals surface area contributed by atoms with Gasteiger partial charge < -0.3 is 9.30 Å². The fourth-order valence-corrected chi connectivity index (χ4v) is 5.47. The van der Waals surface area contributed by atoms with Gasteiger partial charge in [-0.2, -0.15) is 4.31 Å². The fourth-order valence-electron chi connectivity index (χ4n) is 3.85. The summed E-state index contributed by atoms with van der Waals surface area (Å²) in [6, 6.07) is 19.0. The minimum Gasteiger partial charge on any atom is -0.385 e. The van der Waals surface area contributed by atoms with E-state index in [9.17, 15) is 12.8 Å². The third-order valence-electron chi connectivity index (χ3n) is 5.47. The Morgan fingerprint density at radius 3 is 2.70 bits per heavy atom. The van der Waals surface area contributed by atoms with Crippen LogP contribution in [0, 0.1) is 5.82 Å². The Labute approximate surface area is 193 Å². The zero-order valence-corrected chi connectivity index (χ0v) is 19.2. The second-order valence-electron chi connectivity index (χ2n) is 7.77. The van der Waals surface area contributed by atoms with Crippen molar-refractivity contribution in [2.24, 2.45) is 0 Å². The van der Waals surface area contributed by atoms with Gasteiger partial charge in [-0.05, 0) is 48.4 Å². The number of rotatable bonds is 10. The molecule has 0 aliphatic heterocycles. The number of hydrogen-bond donors (Lipinski definition) is 0. The predicted molar refractivity (Wildman–Crippen MR) is 126 cm³/mol. The minimum atomic E-state index is -3.84. The van der Waals surface area contributed by atoms with Crippen molar-refractivity contribution in [3.63, 3.8) is 0 Å². The van der Waals surface area contributed by atoms with E-state index in [1.165, 1.54) is 16.4 Å². The summed E-state index contributed by atoms with van der Waals surface area (Å²) in [6.07, 6.45) is 4.03. The largest absolute Gasteiger partial charge is 0.385 e. The summed E-state index contributed by atoms with van der Waals surface area (Å²) in [5, 5.41) is 0.768. The van der Waals surface area contributed by atoms with E-state index in [1.807, 2.05) is 41.1 Å². The Bertz CT molecular complexity index is 1330. The molecule has 0 fully saturated rings. The molecule has 0 N–H and O–H groups in total. The number of pyridine rings is 1. The molecule has 0 saturated carbocycles. The van der Waals surface area contributed by atoms with Crippen LogP contribution in [-0.2, 0) is 27.8 Å². The maximum Gasteiger partial charge on any atom is 0.245 e. The van der Waals surface area contributed by atoms with Crippen LogP contribution >= 0.6 is 0 Å². The summed E-state index contributed by atoms with van der Waals surface area (Å²) in [6.45, 7) is 1.37. The van der Waals surface area contributed by atoms with E-state index in [0.29, 0.717) is 31.6 Å². The molecule has 33 heavy (non-hydrogen) atoms. The van der Waals surface area contributed by atoms with Crippen LogP contribution in [0.25, 0.3) is 10.9 Å². The zero-order valence-electron chi connectivity index (χ0n) is 18.4. The lowest BCUT2D eigenvalue weighted by Gasteiger charge is -2.23. The summed E-state index contributed by atoms with van der Waals surface area (Å²) in [5.74, 6) is -0.298. The Morgan fingerprint density at radius 1 is 1.06 bits per heavy atom. The molecule has 4 aromatic rings. The highest BCUT2D eigenvalue weighted by molar-refractivity contribution is 7.89. The van der Waals surface area contributed by atoms with Gasteiger partial charge in [-0.3, -0.25) is 4.98 Å². The van der Waals surface area contributed by atoms with Crippen LogP contribution in [-0.4, -0.2) is 42.5 Å². The number of fused-ring (bicyclic) bond motifs is 1. The molecule has 2 heterocycles. The monoisotopic (exact) mass is 467 g/mol. The van der Waals surface area contributed by atoms with Crippen molar-refractivity contribution in [3.8, 4) is 0 Å². The second-order valence-corrected chi connectivity index (χ2v) is 9.68. The molecule has 0 radical (unpaired) electrons. The lowest BCUT2D eigenvalue weighted by atomic mass is 10.2. The Hall–Kier alpha value is -3.07. The highest BCUT2D eigenvalue weighted by Crippen LogP contribution is 2.26. The van der Waals surface area contributed by atoms with Gasteiger partial charge in [-0.1, -0.05) is 30.3 Å². The Balaban J connectivity index is 1.67. The number of sulfonamides is 1. The molecule has 0 unspecified atom stereocenters. The van der Waals surface area contributed by atoms with Crippen molar-refractivity contribution in [1.82, 2.24) is 13.9 Å². The molecule has 2 aromatic heterocycles. The van der Waals surface area contributed by atoms with Crippen molar-refractivity contribution < 1.29 is 17.5 Å². The SMILES string of the molecule is COCCCN(Cc1cccn1Cc1cccc(F)c1)S(=O)(=O)c1cccc2cccnc12. The predicted octanol–water partition coefficient (Wildman–Crippen LogP) is 4.45. The summed E-state index contributed by atoms with van der Waals surface area (Å²) in [5.41, 5.74) is 2.07. The third-order valence-corrected chi connectivity index (χ3v) is 7.35. The minimum absolute atomic E-state index is 0.178. The van der Waals surface area contributed by atoms with Crippen molar-refractivity contribution in [3.05, 3.63) is 96.2 Å². The van der Waals surface area contributed by atoms with E-state index < -0.39 is 10.0 Å². The highest BCUT2D eigenvalue weighted by Gasteiger charge is 2.27. The number of ether oxygens (including phenoxy) is 1. The number of aromatic nitrogens is 2. The molecule has 8 heteroatoms. The van der Waals surface area contributed by atoms with Gasteiger partial charge in [0, 0.05) is 50.3 Å². The number of nitrogens with zero attached hydrogens (tertiary/aromatic N) is 3. The van der Waals surface area contributed by atoms with Gasteiger partial charge in [-0.25, -0.2) is 12.8 Å². The van der Waals surface area contributed by atoms with Gasteiger partial charge >= 0.3 is 0 Å². The molecule has 0 atom stereocenters. The maximum atomic E-state index is 13.8. The summed E-state index contributed by atoms with van der Waals surface area (Å²) < 4.78 is 49.7. The van der Waals surface area contributed by atoms with E-state index in [1.54, 1.807) is 37.6 Å². The average Bonchev–Trinajstić information content (AvgIpc) is 3.24. The molecular weight excluding hydrogens is 441 g/mol. The van der Waals surface area contributed by atoms with Crippen molar-refractivity contribution >= 4 is 20.9 Å². The molecule has 2 aromatic carbocycles. The Kier molecular flexibility index (Phi) is 7.17. The van der Waals surface area contributed by atoms with Gasteiger partial charge in [0.2, 0.25) is 10.0 Å². The molecule has 0 aliphatic rings. The number of hydrogen-bond acceptors (Lipinski definition) is 4. The van der Waals surface area contributed by atoms with Gasteiger partial charge in [0.15, 0.2) is 0 Å². The van der Waals surface area contributed by atoms with E-state index in [4.69, 9.17) is 4.74 Å². The second kappa shape index (κ2) is 10.2. The van der Waals surface area contributed by atoms with Gasteiger partial charge in [-0.15, -0.1) is 0 Å². The van der Waals surface area contributed by atoms with Gasteiger partial charge in [0.25, 0.3) is 0 Å². The number of methoxy groups -OCH3 is 1. The molecule has 0 amide bonds. The van der Waals surface area contributed by atoms with E-state index in [0.717, 1.165) is 16.6 Å². The number of halogens is 1. The van der Waals surface area contributed by atoms with Gasteiger partial charge in [0.05, 0.1) is 12.1 Å². The fraction of sp³-hybridized carbons (Fsp3) is 0.240. The molecule has 0 aliphatic carbocycles. The normalized spacial score (nSPS) is 12.0. The molecular formula is C25H26FN3O3S. The van der Waals surface area contributed by atoms with Crippen LogP contribution in [0.3, 0.4) is 0 Å². The quantitative estimate of drug-likeness (QED) is 0.323. The first kappa shape index (κ1) is 23.1. The van der Waals surface area contributed by atoms with Crippen molar-refractivity contribution in [2.45, 2.75) is 24.4 Å². The first-order valence-corrected chi connectivity index (χ1v) is 12.1. The first-order chi connectivity index (χ1) is 16.0. The van der Waals surface area contributed by atoms with Crippen molar-refractivity contribution in [1.29, 1.82) is 0 Å². The Morgan fingerprint density at radius 2 is 1.88 bits per heavy atom. The first-order valence-electron chi connectivity index (χ1n) is 10.7. The van der Waals surface area contributed by atoms with Crippen LogP contribution in [0.15, 0.2) is 84.0 Å². The van der Waals surface area contributed by atoms with E-state index in [2.05, 4.69) is 4.98 Å². The third kappa shape index (κ3) is 5.30. The molecule has 0 spiro atoms. The van der Waals surface area contributed by atoms with Crippen molar-refractivity contribution in [2.75, 3.05) is 20.3 Å². The highest BCUT2D eigenvalue weighted by atomic mass is 32.2. The average molecular weight is 468 g/mol. The summed E-state index contributed by atoms with van der Waals surface area (Å²) in [4.78, 5) is 4.52. The molecule has 0 saturated heterocycles. The van der Waals surface area contributed by atoms with Crippen LogP contribution in [0.1, 0.15) is 17.7 Å². The van der Waals surface area contributed by atoms with Crippen LogP contribution in [0.5, 0.6) is 0 Å². The van der Waals surface area contributed by atoms with Crippen LogP contribution < -0.4 is 0 Å². The molecule has 4 rings (SSSR count). The molecule has 6 nitrogen and oxygen atoms in total. The summed E-state index contributed by atoms with van der Waals surface area (Å²) >= 11 is 0. The molecule has 0 bridgehead atoms. The lowest BCUT2D eigenvalue weighted by Crippen LogP contribution is -2.33. The van der Waals surface area contributed by atoms with Crippen LogP contribution in [0.2, 0.25) is 0 Å². The zero-order chi connectivity index (χ0) is 23.3. The van der Waals surface area contributed by atoms with E-state index in [-0.39, 0.29) is 17.3 Å². The van der Waals surface area contributed by atoms with E-state index >= 15 is 0 Å². The smallest absolute Gasteiger partial charge is 0.245 e. The number of para-hydroxylation sites is 1. The maximum absolute atomic E-state index is 13.8. The summed E-state index contributed by atoms with van der Waals surface area (Å²) in [7, 11) is -2.24. The standard InChI is InChI=1S/C25H26FN3O3S/c1-32-16-6-15-29(33(30,31)24-12-3-8-21-9-4-13-27-25(21)24)19-23-11-5-14-28(23)18-20-7-2-10-22(26)17-20/h2-5,7-14,17H,6,15-16,18-19H2,1H3. The van der Waals surface area contributed by atoms with Crippen LogP contribution in [0.4, 0.5) is 4.39 Å². The topological polar surface area (TPSA) is 64.4 Å².